The van der Waals surface area contributed by atoms with Gasteiger partial charge in [-0.15, -0.1) is 11.3 Å². The number of aromatic nitrogens is 1. The Morgan fingerprint density at radius 1 is 1.16 bits per heavy atom. The van der Waals surface area contributed by atoms with Gasteiger partial charge in [-0.2, -0.15) is 0 Å². The summed E-state index contributed by atoms with van der Waals surface area (Å²) in [4.78, 5) is 21.8. The quantitative estimate of drug-likeness (QED) is 0.521. The molecule has 4 rings (SSSR count). The summed E-state index contributed by atoms with van der Waals surface area (Å²) in [7, 11) is 0. The van der Waals surface area contributed by atoms with E-state index in [4.69, 9.17) is 16.3 Å². The zero-order chi connectivity index (χ0) is 22.3. The summed E-state index contributed by atoms with van der Waals surface area (Å²) in [5, 5.41) is 15.7. The molecule has 32 heavy (non-hydrogen) atoms. The minimum absolute atomic E-state index is 0.123. The standard InChI is InChI=1S/C23H25ClN4O3S/c24-17-3-6-20(7-4-17)31-16-19(29)15-27-9-11-28(12-10-27)22-8-5-18(14-25-22)26-23(30)21-2-1-13-32-21/h1-8,13-14,19,29H,9-12,15-16H2,(H,26,30). The van der Waals surface area contributed by atoms with Crippen LogP contribution in [0.5, 0.6) is 5.75 Å². The molecule has 0 saturated carbocycles. The van der Waals surface area contributed by atoms with Crippen LogP contribution in [0.1, 0.15) is 9.67 Å². The van der Waals surface area contributed by atoms with E-state index in [9.17, 15) is 9.90 Å². The van der Waals surface area contributed by atoms with Gasteiger partial charge in [-0.1, -0.05) is 17.7 Å². The van der Waals surface area contributed by atoms with E-state index in [-0.39, 0.29) is 12.5 Å². The Labute approximate surface area is 196 Å². The first-order valence-electron chi connectivity index (χ1n) is 10.4. The van der Waals surface area contributed by atoms with Gasteiger partial charge >= 0.3 is 0 Å². The molecule has 0 spiro atoms. The summed E-state index contributed by atoms with van der Waals surface area (Å²) in [6.07, 6.45) is 1.12. The van der Waals surface area contributed by atoms with Crippen LogP contribution in [0.2, 0.25) is 5.02 Å². The largest absolute Gasteiger partial charge is 0.491 e. The van der Waals surface area contributed by atoms with Gasteiger partial charge in [-0.3, -0.25) is 9.69 Å². The van der Waals surface area contributed by atoms with Gasteiger partial charge in [0, 0.05) is 37.7 Å². The molecule has 9 heteroatoms. The Hall–Kier alpha value is -2.65. The minimum atomic E-state index is -0.568. The van der Waals surface area contributed by atoms with Crippen LogP contribution < -0.4 is 15.0 Å². The molecule has 1 fully saturated rings. The fraction of sp³-hybridized carbons (Fsp3) is 0.304. The third-order valence-electron chi connectivity index (χ3n) is 5.17. The van der Waals surface area contributed by atoms with E-state index in [2.05, 4.69) is 20.1 Å². The van der Waals surface area contributed by atoms with E-state index in [1.807, 2.05) is 23.6 Å². The second-order valence-corrected chi connectivity index (χ2v) is 8.93. The van der Waals surface area contributed by atoms with Crippen molar-refractivity contribution in [2.75, 3.05) is 49.5 Å². The number of anilines is 2. The number of nitrogens with zero attached hydrogens (tertiary/aromatic N) is 3. The number of aliphatic hydroxyl groups is 1. The smallest absolute Gasteiger partial charge is 0.265 e. The highest BCUT2D eigenvalue weighted by Crippen LogP contribution is 2.19. The molecular formula is C23H25ClN4O3S. The van der Waals surface area contributed by atoms with Crippen LogP contribution >= 0.6 is 22.9 Å². The second kappa shape index (κ2) is 10.8. The molecular weight excluding hydrogens is 448 g/mol. The molecule has 1 aliphatic rings. The zero-order valence-corrected chi connectivity index (χ0v) is 19.1. The maximum Gasteiger partial charge on any atom is 0.265 e. The summed E-state index contributed by atoms with van der Waals surface area (Å²) >= 11 is 7.28. The Kier molecular flexibility index (Phi) is 7.59. The molecule has 1 atom stereocenters. The number of piperazine rings is 1. The first-order valence-corrected chi connectivity index (χ1v) is 11.7. The number of hydrogen-bond donors (Lipinski definition) is 2. The highest BCUT2D eigenvalue weighted by atomic mass is 35.5. The summed E-state index contributed by atoms with van der Waals surface area (Å²) in [6, 6.07) is 14.6. The van der Waals surface area contributed by atoms with Gasteiger partial charge in [-0.05, 0) is 47.8 Å². The highest BCUT2D eigenvalue weighted by Gasteiger charge is 2.20. The molecule has 2 N–H and O–H groups in total. The number of pyridine rings is 1. The van der Waals surface area contributed by atoms with E-state index in [1.54, 1.807) is 36.5 Å². The first-order chi connectivity index (χ1) is 15.6. The number of β-amino-alcohol motifs (C(OH)–C–C–N with tert-alkyl or cyclic N) is 1. The third kappa shape index (κ3) is 6.20. The molecule has 0 aliphatic carbocycles. The van der Waals surface area contributed by atoms with Crippen molar-refractivity contribution in [1.29, 1.82) is 0 Å². The molecule has 0 bridgehead atoms. The number of ether oxygens (including phenoxy) is 1. The summed E-state index contributed by atoms with van der Waals surface area (Å²) in [5.41, 5.74) is 0.676. The lowest BCUT2D eigenvalue weighted by atomic mass is 10.2. The number of benzene rings is 1. The van der Waals surface area contributed by atoms with Gasteiger partial charge in [0.1, 0.15) is 24.3 Å². The Bertz CT molecular complexity index is 991. The van der Waals surface area contributed by atoms with E-state index in [1.165, 1.54) is 11.3 Å². The molecule has 7 nitrogen and oxygen atoms in total. The maximum atomic E-state index is 12.1. The van der Waals surface area contributed by atoms with Crippen molar-refractivity contribution in [3.63, 3.8) is 0 Å². The average molecular weight is 473 g/mol. The number of hydrogen-bond acceptors (Lipinski definition) is 7. The van der Waals surface area contributed by atoms with Gasteiger partial charge in [-0.25, -0.2) is 4.98 Å². The van der Waals surface area contributed by atoms with Crippen LogP contribution in [0.3, 0.4) is 0 Å². The van der Waals surface area contributed by atoms with Crippen LogP contribution in [-0.4, -0.2) is 66.3 Å². The molecule has 2 aromatic heterocycles. The number of carbonyl (C=O) groups excluding carboxylic acids is 1. The van der Waals surface area contributed by atoms with E-state index in [0.29, 0.717) is 27.9 Å². The van der Waals surface area contributed by atoms with Crippen LogP contribution in [-0.2, 0) is 0 Å². The predicted octanol–water partition coefficient (Wildman–Crippen LogP) is 3.61. The summed E-state index contributed by atoms with van der Waals surface area (Å²) < 4.78 is 5.63. The third-order valence-corrected chi connectivity index (χ3v) is 6.29. The molecule has 3 heterocycles. The van der Waals surface area contributed by atoms with Crippen LogP contribution in [0.4, 0.5) is 11.5 Å². The number of amides is 1. The number of halogens is 1. The summed E-state index contributed by atoms with van der Waals surface area (Å²) in [5.74, 6) is 1.45. The van der Waals surface area contributed by atoms with Gasteiger partial charge < -0.3 is 20.1 Å². The molecule has 3 aromatic rings. The normalized spacial score (nSPS) is 15.4. The summed E-state index contributed by atoms with van der Waals surface area (Å²) in [6.45, 7) is 4.09. The lowest BCUT2D eigenvalue weighted by Crippen LogP contribution is -2.49. The Morgan fingerprint density at radius 3 is 2.59 bits per heavy atom. The predicted molar refractivity (Wildman–Crippen MR) is 128 cm³/mol. The van der Waals surface area contributed by atoms with Crippen LogP contribution in [0.15, 0.2) is 60.1 Å². The number of nitrogens with one attached hydrogen (secondary N) is 1. The van der Waals surface area contributed by atoms with Crippen molar-refractivity contribution >= 4 is 40.4 Å². The first kappa shape index (κ1) is 22.5. The molecule has 0 radical (unpaired) electrons. The second-order valence-electron chi connectivity index (χ2n) is 7.54. The van der Waals surface area contributed by atoms with Crippen molar-refractivity contribution in [2.24, 2.45) is 0 Å². The number of thiophene rings is 1. The van der Waals surface area contributed by atoms with Gasteiger partial charge in [0.15, 0.2) is 0 Å². The van der Waals surface area contributed by atoms with Crippen molar-refractivity contribution in [1.82, 2.24) is 9.88 Å². The monoisotopic (exact) mass is 472 g/mol. The number of rotatable bonds is 8. The number of aliphatic hydroxyl groups excluding tert-OH is 1. The lowest BCUT2D eigenvalue weighted by Gasteiger charge is -2.36. The topological polar surface area (TPSA) is 77.9 Å². The molecule has 1 saturated heterocycles. The molecule has 1 unspecified atom stereocenters. The fourth-order valence-corrected chi connectivity index (χ4v) is 4.23. The van der Waals surface area contributed by atoms with Gasteiger partial charge in [0.25, 0.3) is 5.91 Å². The van der Waals surface area contributed by atoms with Crippen LogP contribution in [0, 0.1) is 0 Å². The highest BCUT2D eigenvalue weighted by molar-refractivity contribution is 7.12. The molecule has 168 valence electrons. The minimum Gasteiger partial charge on any atom is -0.491 e. The van der Waals surface area contributed by atoms with Crippen molar-refractivity contribution < 1.29 is 14.6 Å². The molecule has 1 amide bonds. The van der Waals surface area contributed by atoms with E-state index in [0.717, 1.165) is 32.0 Å². The lowest BCUT2D eigenvalue weighted by molar-refractivity contribution is 0.0662. The van der Waals surface area contributed by atoms with Crippen molar-refractivity contribution in [3.05, 3.63) is 70.0 Å². The molecule has 1 aromatic carbocycles. The van der Waals surface area contributed by atoms with Crippen LogP contribution in [0.25, 0.3) is 0 Å². The maximum absolute atomic E-state index is 12.1. The van der Waals surface area contributed by atoms with Crippen molar-refractivity contribution in [3.8, 4) is 5.75 Å². The average Bonchev–Trinajstić information content (AvgIpc) is 3.35. The zero-order valence-electron chi connectivity index (χ0n) is 17.5. The Balaban J connectivity index is 1.20. The van der Waals surface area contributed by atoms with E-state index >= 15 is 0 Å². The van der Waals surface area contributed by atoms with Gasteiger partial charge in [0.2, 0.25) is 0 Å². The SMILES string of the molecule is O=C(Nc1ccc(N2CCN(CC(O)COc3ccc(Cl)cc3)CC2)nc1)c1cccs1. The fourth-order valence-electron chi connectivity index (χ4n) is 3.48. The van der Waals surface area contributed by atoms with Crippen molar-refractivity contribution in [2.45, 2.75) is 6.10 Å². The molecule has 1 aliphatic heterocycles. The van der Waals surface area contributed by atoms with Gasteiger partial charge in [0.05, 0.1) is 16.8 Å². The van der Waals surface area contributed by atoms with E-state index < -0.39 is 6.10 Å². The Morgan fingerprint density at radius 2 is 1.94 bits per heavy atom. The number of carbonyl (C=O) groups is 1.